The van der Waals surface area contributed by atoms with Gasteiger partial charge in [0.2, 0.25) is 16.6 Å². The second kappa shape index (κ2) is 14.0. The molecule has 6 rings (SSSR count). The summed E-state index contributed by atoms with van der Waals surface area (Å²) < 4.78 is 8.29. The maximum Gasteiger partial charge on any atom is 0.245 e. The Bertz CT molecular complexity index is 1550. The molecule has 0 aromatic heterocycles. The van der Waals surface area contributed by atoms with Gasteiger partial charge in [-0.3, -0.25) is 0 Å². The lowest BCUT2D eigenvalue weighted by Crippen LogP contribution is -2.73. The van der Waals surface area contributed by atoms with Gasteiger partial charge in [0.25, 0.3) is 0 Å². The van der Waals surface area contributed by atoms with Gasteiger partial charge in [0.15, 0.2) is 0 Å². The zero-order chi connectivity index (χ0) is 31.0. The Hall–Kier alpha value is -4.69. The van der Waals surface area contributed by atoms with Crippen molar-refractivity contribution in [3.8, 4) is 0 Å². The van der Waals surface area contributed by atoms with Crippen LogP contribution in [0.1, 0.15) is 11.1 Å². The topological polar surface area (TPSA) is 61.3 Å². The Morgan fingerprint density at radius 3 is 0.889 bits per heavy atom. The molecule has 0 saturated heterocycles. The molecule has 0 aliphatic carbocycles. The van der Waals surface area contributed by atoms with Crippen LogP contribution >= 0.6 is 0 Å². The van der Waals surface area contributed by atoms with Crippen LogP contribution in [0.15, 0.2) is 170 Å². The Labute approximate surface area is 269 Å². The summed E-state index contributed by atoms with van der Waals surface area (Å²) in [5.41, 5.74) is 16.3. The predicted octanol–water partition coefficient (Wildman–Crippen LogP) is 6.17. The van der Waals surface area contributed by atoms with Gasteiger partial charge in [0.1, 0.15) is 0 Å². The molecule has 5 heteroatoms. The molecule has 0 amide bonds. The largest absolute Gasteiger partial charge is 0.442 e. The average molecular weight is 621 g/mol. The first-order valence-electron chi connectivity index (χ1n) is 15.7. The molecule has 0 saturated carbocycles. The molecule has 0 fully saturated rings. The van der Waals surface area contributed by atoms with Crippen molar-refractivity contribution in [1.82, 2.24) is 0 Å². The fourth-order valence-electron chi connectivity index (χ4n) is 6.38. The lowest BCUT2D eigenvalue weighted by Gasteiger charge is -2.44. The van der Waals surface area contributed by atoms with Crippen LogP contribution in [-0.2, 0) is 17.0 Å². The van der Waals surface area contributed by atoms with Crippen molar-refractivity contribution in [2.24, 2.45) is 0 Å². The molecular weight excluding hydrogens is 581 g/mol. The fraction of sp³-hybridized carbons (Fsp3) is 0.100. The minimum Gasteiger partial charge on any atom is -0.442 e. The maximum atomic E-state index is 8.29. The molecule has 0 spiro atoms. The monoisotopic (exact) mass is 620 g/mol. The van der Waals surface area contributed by atoms with Crippen molar-refractivity contribution in [1.29, 1.82) is 0 Å². The van der Waals surface area contributed by atoms with Gasteiger partial charge in [-0.15, -0.1) is 0 Å². The van der Waals surface area contributed by atoms with E-state index in [2.05, 4.69) is 146 Å². The normalized spacial score (nSPS) is 11.7. The summed E-state index contributed by atoms with van der Waals surface area (Å²) >= 11 is 0. The summed E-state index contributed by atoms with van der Waals surface area (Å²) in [4.78, 5) is 0. The molecule has 0 unspecified atom stereocenters. The molecule has 0 heterocycles. The van der Waals surface area contributed by atoms with E-state index in [1.165, 1.54) is 31.9 Å². The molecule has 0 bridgehead atoms. The molecule has 3 nitrogen and oxygen atoms in total. The summed E-state index contributed by atoms with van der Waals surface area (Å²) in [7, 11) is -5.76. The number of rotatable bonds is 12. The standard InChI is InChI=1S/C40H40N2OSi2/c41-35-25-21-33(22-26-35)29-31-44(37-13-5-1-6-14-37,38-15-7-2-8-16-38)43-45(39-17-9-3-10-18-39,40-19-11-4-12-20-40)32-30-34-23-27-36(42)28-24-34/h1-28H,29-32,41-42H2. The zero-order valence-electron chi connectivity index (χ0n) is 25.6. The van der Waals surface area contributed by atoms with Crippen molar-refractivity contribution < 1.29 is 4.12 Å². The first kappa shape index (κ1) is 30.3. The zero-order valence-corrected chi connectivity index (χ0v) is 27.6. The molecule has 0 atom stereocenters. The smallest absolute Gasteiger partial charge is 0.245 e. The molecule has 0 radical (unpaired) electrons. The third-order valence-electron chi connectivity index (χ3n) is 8.80. The Kier molecular flexibility index (Phi) is 9.41. The molecule has 0 aliphatic rings. The first-order chi connectivity index (χ1) is 22.1. The highest BCUT2D eigenvalue weighted by atomic mass is 28.4. The fourth-order valence-corrected chi connectivity index (χ4v) is 17.5. The molecule has 45 heavy (non-hydrogen) atoms. The van der Waals surface area contributed by atoms with E-state index in [-0.39, 0.29) is 0 Å². The highest BCUT2D eigenvalue weighted by Gasteiger charge is 2.50. The van der Waals surface area contributed by atoms with E-state index in [9.17, 15) is 0 Å². The van der Waals surface area contributed by atoms with Crippen LogP contribution in [0, 0.1) is 0 Å². The lowest BCUT2D eigenvalue weighted by atomic mass is 10.1. The summed E-state index contributed by atoms with van der Waals surface area (Å²) in [6, 6.07) is 62.5. The van der Waals surface area contributed by atoms with E-state index in [1.54, 1.807) is 0 Å². The summed E-state index contributed by atoms with van der Waals surface area (Å²) in [6.07, 6.45) is 1.78. The van der Waals surface area contributed by atoms with Crippen molar-refractivity contribution in [3.63, 3.8) is 0 Å². The Morgan fingerprint density at radius 1 is 0.356 bits per heavy atom. The number of benzene rings is 6. The average Bonchev–Trinajstić information content (AvgIpc) is 3.11. The van der Waals surface area contributed by atoms with Crippen LogP contribution in [0.3, 0.4) is 0 Å². The van der Waals surface area contributed by atoms with E-state index in [0.717, 1.165) is 36.3 Å². The number of nitrogens with two attached hydrogens (primary N) is 2. The van der Waals surface area contributed by atoms with Crippen LogP contribution in [0.2, 0.25) is 12.1 Å². The number of anilines is 2. The van der Waals surface area contributed by atoms with Gasteiger partial charge in [-0.25, -0.2) is 0 Å². The third-order valence-corrected chi connectivity index (χ3v) is 18.6. The highest BCUT2D eigenvalue weighted by Crippen LogP contribution is 2.27. The predicted molar refractivity (Wildman–Crippen MR) is 196 cm³/mol. The summed E-state index contributed by atoms with van der Waals surface area (Å²) in [6.45, 7) is 0. The van der Waals surface area contributed by atoms with Crippen LogP contribution in [0.4, 0.5) is 11.4 Å². The molecule has 6 aromatic carbocycles. The highest BCUT2D eigenvalue weighted by molar-refractivity contribution is 7.09. The third kappa shape index (κ3) is 6.86. The van der Waals surface area contributed by atoms with Crippen molar-refractivity contribution in [3.05, 3.63) is 181 Å². The van der Waals surface area contributed by atoms with E-state index in [4.69, 9.17) is 15.6 Å². The molecule has 0 aliphatic heterocycles. The van der Waals surface area contributed by atoms with Crippen LogP contribution in [0.5, 0.6) is 0 Å². The first-order valence-corrected chi connectivity index (χ1v) is 19.9. The second-order valence-corrected chi connectivity index (χ2v) is 19.1. The SMILES string of the molecule is Nc1ccc(CC[Si](O[Si](CCc2ccc(N)cc2)(c2ccccc2)c2ccccc2)(c2ccccc2)c2ccccc2)cc1. The van der Waals surface area contributed by atoms with Crippen molar-refractivity contribution in [2.45, 2.75) is 24.9 Å². The quantitative estimate of drug-likeness (QED) is 0.127. The number of nitrogen functional groups attached to an aromatic ring is 2. The molecule has 224 valence electrons. The number of hydrogen-bond donors (Lipinski definition) is 2. The molecule has 6 aromatic rings. The van der Waals surface area contributed by atoms with Gasteiger partial charge in [0.05, 0.1) is 0 Å². The van der Waals surface area contributed by atoms with E-state index in [0.29, 0.717) is 0 Å². The summed E-state index contributed by atoms with van der Waals surface area (Å²) in [5, 5.41) is 5.18. The van der Waals surface area contributed by atoms with Crippen LogP contribution in [-0.4, -0.2) is 16.6 Å². The van der Waals surface area contributed by atoms with Gasteiger partial charge < -0.3 is 15.6 Å². The van der Waals surface area contributed by atoms with Gasteiger partial charge in [-0.1, -0.05) is 146 Å². The van der Waals surface area contributed by atoms with Gasteiger partial charge >= 0.3 is 0 Å². The summed E-state index contributed by atoms with van der Waals surface area (Å²) in [5.74, 6) is 0. The van der Waals surface area contributed by atoms with Crippen LogP contribution in [0.25, 0.3) is 0 Å². The van der Waals surface area contributed by atoms with E-state index in [1.807, 2.05) is 24.3 Å². The number of hydrogen-bond acceptors (Lipinski definition) is 3. The van der Waals surface area contributed by atoms with Crippen molar-refractivity contribution in [2.75, 3.05) is 11.5 Å². The van der Waals surface area contributed by atoms with Gasteiger partial charge in [-0.05, 0) is 81.1 Å². The van der Waals surface area contributed by atoms with Crippen LogP contribution < -0.4 is 32.2 Å². The van der Waals surface area contributed by atoms with E-state index >= 15 is 0 Å². The molecule has 4 N–H and O–H groups in total. The second-order valence-electron chi connectivity index (χ2n) is 11.7. The lowest BCUT2D eigenvalue weighted by molar-refractivity contribution is 0.564. The minimum atomic E-state index is -2.88. The Morgan fingerprint density at radius 2 is 0.622 bits per heavy atom. The van der Waals surface area contributed by atoms with Gasteiger partial charge in [-0.2, -0.15) is 0 Å². The van der Waals surface area contributed by atoms with E-state index < -0.39 is 16.6 Å². The minimum absolute atomic E-state index is 0.784. The molecular formula is C40H40N2OSi2. The number of aryl methyl sites for hydroxylation is 2. The van der Waals surface area contributed by atoms with Gasteiger partial charge in [0, 0.05) is 11.4 Å². The maximum absolute atomic E-state index is 8.29. The van der Waals surface area contributed by atoms with Crippen molar-refractivity contribution >= 4 is 48.8 Å². The Balaban J connectivity index is 1.57.